The van der Waals surface area contributed by atoms with Crippen molar-refractivity contribution in [1.82, 2.24) is 9.97 Å². The third kappa shape index (κ3) is 2.15. The summed E-state index contributed by atoms with van der Waals surface area (Å²) in [6.45, 7) is 0. The Kier molecular flexibility index (Phi) is 3.13. The Balaban J connectivity index is 2.01. The molecular weight excluding hydrogens is 268 g/mol. The van der Waals surface area contributed by atoms with Crippen molar-refractivity contribution in [2.45, 2.75) is 0 Å². The van der Waals surface area contributed by atoms with E-state index in [-0.39, 0.29) is 0 Å². The molecule has 104 valence electrons. The number of nitrogens with zero attached hydrogens (tertiary/aromatic N) is 2. The molecule has 4 rings (SSSR count). The summed E-state index contributed by atoms with van der Waals surface area (Å²) in [5, 5.41) is 2.36. The number of fused-ring (bicyclic) bond motifs is 1. The standard InChI is InChI=1S/C20H14N2/c1-2-5-15(6-3-1)17-8-9-18(16-7-4-11-21-13-16)20-14-22-12-10-19(17)20/h1-14H. The molecule has 0 aliphatic rings. The van der Waals surface area contributed by atoms with E-state index in [9.17, 15) is 0 Å². The van der Waals surface area contributed by atoms with Gasteiger partial charge in [-0.25, -0.2) is 0 Å². The van der Waals surface area contributed by atoms with Gasteiger partial charge in [0.1, 0.15) is 0 Å². The Morgan fingerprint density at radius 3 is 2.00 bits per heavy atom. The van der Waals surface area contributed by atoms with Crippen LogP contribution in [0.5, 0.6) is 0 Å². The molecule has 0 amide bonds. The van der Waals surface area contributed by atoms with Gasteiger partial charge in [0.05, 0.1) is 0 Å². The average molecular weight is 282 g/mol. The molecule has 0 N–H and O–H groups in total. The molecule has 0 aliphatic heterocycles. The molecule has 4 aromatic rings. The minimum Gasteiger partial charge on any atom is -0.264 e. The van der Waals surface area contributed by atoms with Crippen LogP contribution in [0, 0.1) is 0 Å². The largest absolute Gasteiger partial charge is 0.264 e. The second kappa shape index (κ2) is 5.41. The van der Waals surface area contributed by atoms with Crippen molar-refractivity contribution >= 4 is 10.8 Å². The van der Waals surface area contributed by atoms with Crippen molar-refractivity contribution in [3.05, 3.63) is 85.5 Å². The lowest BCUT2D eigenvalue weighted by Crippen LogP contribution is -1.87. The number of pyridine rings is 2. The van der Waals surface area contributed by atoms with Gasteiger partial charge in [-0.15, -0.1) is 0 Å². The molecule has 2 aromatic heterocycles. The smallest absolute Gasteiger partial charge is 0.0352 e. The first-order valence-electron chi connectivity index (χ1n) is 7.26. The predicted molar refractivity (Wildman–Crippen MR) is 90.4 cm³/mol. The molecule has 2 aromatic carbocycles. The summed E-state index contributed by atoms with van der Waals surface area (Å²) in [6, 6.07) is 20.9. The van der Waals surface area contributed by atoms with Gasteiger partial charge < -0.3 is 0 Å². The van der Waals surface area contributed by atoms with Crippen LogP contribution in [0.2, 0.25) is 0 Å². The Morgan fingerprint density at radius 1 is 0.500 bits per heavy atom. The van der Waals surface area contributed by atoms with E-state index in [1.807, 2.05) is 30.7 Å². The van der Waals surface area contributed by atoms with E-state index in [1.165, 1.54) is 16.5 Å². The van der Waals surface area contributed by atoms with Gasteiger partial charge in [-0.1, -0.05) is 48.5 Å². The van der Waals surface area contributed by atoms with E-state index in [0.717, 1.165) is 16.5 Å². The summed E-state index contributed by atoms with van der Waals surface area (Å²) in [4.78, 5) is 8.54. The molecule has 2 nitrogen and oxygen atoms in total. The van der Waals surface area contributed by atoms with Crippen molar-refractivity contribution < 1.29 is 0 Å². The van der Waals surface area contributed by atoms with Crippen LogP contribution in [-0.4, -0.2) is 9.97 Å². The molecule has 22 heavy (non-hydrogen) atoms. The summed E-state index contributed by atoms with van der Waals surface area (Å²) in [5.41, 5.74) is 4.72. The maximum atomic E-state index is 4.31. The Labute approximate surface area is 129 Å². The minimum atomic E-state index is 1.11. The van der Waals surface area contributed by atoms with Crippen molar-refractivity contribution in [2.24, 2.45) is 0 Å². The molecule has 0 fully saturated rings. The fourth-order valence-corrected chi connectivity index (χ4v) is 2.83. The molecule has 0 saturated carbocycles. The summed E-state index contributed by atoms with van der Waals surface area (Å²) < 4.78 is 0. The lowest BCUT2D eigenvalue weighted by Gasteiger charge is -2.11. The lowest BCUT2D eigenvalue weighted by atomic mass is 9.94. The van der Waals surface area contributed by atoms with Crippen molar-refractivity contribution in [1.29, 1.82) is 0 Å². The molecule has 0 bridgehead atoms. The van der Waals surface area contributed by atoms with Crippen LogP contribution in [-0.2, 0) is 0 Å². The van der Waals surface area contributed by atoms with E-state index in [2.05, 4.69) is 58.5 Å². The van der Waals surface area contributed by atoms with Crippen LogP contribution in [0.4, 0.5) is 0 Å². The monoisotopic (exact) mass is 282 g/mol. The molecule has 0 unspecified atom stereocenters. The number of hydrogen-bond acceptors (Lipinski definition) is 2. The first-order valence-corrected chi connectivity index (χ1v) is 7.26. The number of benzene rings is 2. The van der Waals surface area contributed by atoms with Crippen molar-refractivity contribution in [3.63, 3.8) is 0 Å². The summed E-state index contributed by atoms with van der Waals surface area (Å²) >= 11 is 0. The first kappa shape index (κ1) is 12.7. The Hall–Kier alpha value is -3.00. The van der Waals surface area contributed by atoms with Gasteiger partial charge in [-0.3, -0.25) is 9.97 Å². The lowest BCUT2D eigenvalue weighted by molar-refractivity contribution is 1.33. The summed E-state index contributed by atoms with van der Waals surface area (Å²) in [7, 11) is 0. The van der Waals surface area contributed by atoms with E-state index in [0.29, 0.717) is 0 Å². The van der Waals surface area contributed by atoms with Crippen LogP contribution in [0.25, 0.3) is 33.0 Å². The molecule has 2 heteroatoms. The van der Waals surface area contributed by atoms with Gasteiger partial charge in [-0.05, 0) is 34.2 Å². The highest BCUT2D eigenvalue weighted by Gasteiger charge is 2.09. The highest BCUT2D eigenvalue weighted by molar-refractivity contribution is 6.04. The third-order valence-electron chi connectivity index (χ3n) is 3.88. The quantitative estimate of drug-likeness (QED) is 0.519. The summed E-state index contributed by atoms with van der Waals surface area (Å²) in [5.74, 6) is 0. The molecular formula is C20H14N2. The predicted octanol–water partition coefficient (Wildman–Crippen LogP) is 4.96. The van der Waals surface area contributed by atoms with E-state index in [1.54, 1.807) is 6.20 Å². The van der Waals surface area contributed by atoms with Crippen molar-refractivity contribution in [3.8, 4) is 22.3 Å². The van der Waals surface area contributed by atoms with E-state index < -0.39 is 0 Å². The van der Waals surface area contributed by atoms with Crippen LogP contribution < -0.4 is 0 Å². The van der Waals surface area contributed by atoms with Gasteiger partial charge in [0.25, 0.3) is 0 Å². The van der Waals surface area contributed by atoms with E-state index >= 15 is 0 Å². The van der Waals surface area contributed by atoms with Gasteiger partial charge in [-0.2, -0.15) is 0 Å². The van der Waals surface area contributed by atoms with Crippen LogP contribution in [0.15, 0.2) is 85.5 Å². The maximum Gasteiger partial charge on any atom is 0.0352 e. The van der Waals surface area contributed by atoms with Gasteiger partial charge in [0.15, 0.2) is 0 Å². The second-order valence-electron chi connectivity index (χ2n) is 5.19. The number of rotatable bonds is 2. The second-order valence-corrected chi connectivity index (χ2v) is 5.19. The van der Waals surface area contributed by atoms with Crippen LogP contribution in [0.1, 0.15) is 0 Å². The normalized spacial score (nSPS) is 10.7. The van der Waals surface area contributed by atoms with E-state index in [4.69, 9.17) is 0 Å². The number of hydrogen-bond donors (Lipinski definition) is 0. The minimum absolute atomic E-state index is 1.11. The highest BCUT2D eigenvalue weighted by atomic mass is 14.6. The zero-order chi connectivity index (χ0) is 14.8. The first-order chi connectivity index (χ1) is 10.9. The molecule has 0 spiro atoms. The average Bonchev–Trinajstić information content (AvgIpc) is 2.62. The fourth-order valence-electron chi connectivity index (χ4n) is 2.83. The summed E-state index contributed by atoms with van der Waals surface area (Å²) in [6.07, 6.45) is 7.47. The molecule has 0 saturated heterocycles. The maximum absolute atomic E-state index is 4.31. The van der Waals surface area contributed by atoms with Gasteiger partial charge in [0, 0.05) is 35.7 Å². The third-order valence-corrected chi connectivity index (χ3v) is 3.88. The molecule has 2 heterocycles. The van der Waals surface area contributed by atoms with Gasteiger partial charge >= 0.3 is 0 Å². The zero-order valence-electron chi connectivity index (χ0n) is 12.0. The van der Waals surface area contributed by atoms with Gasteiger partial charge in [0.2, 0.25) is 0 Å². The topological polar surface area (TPSA) is 25.8 Å². The number of aromatic nitrogens is 2. The molecule has 0 radical (unpaired) electrons. The van der Waals surface area contributed by atoms with Crippen LogP contribution in [0.3, 0.4) is 0 Å². The Bertz CT molecular complexity index is 838. The molecule has 0 atom stereocenters. The SMILES string of the molecule is c1ccc(-c2ccc(-c3cccnc3)c3cnccc23)cc1. The highest BCUT2D eigenvalue weighted by Crippen LogP contribution is 2.34. The molecule has 0 aliphatic carbocycles. The Morgan fingerprint density at radius 2 is 1.23 bits per heavy atom. The fraction of sp³-hybridized carbons (Fsp3) is 0. The van der Waals surface area contributed by atoms with Crippen molar-refractivity contribution in [2.75, 3.05) is 0 Å². The zero-order valence-corrected chi connectivity index (χ0v) is 12.0. The van der Waals surface area contributed by atoms with Crippen LogP contribution >= 0.6 is 0 Å².